The minimum Gasteiger partial charge on any atom is -0.541 e. The predicted molar refractivity (Wildman–Crippen MR) is 37.2 cm³/mol. The first kappa shape index (κ1) is 14.2. The first-order valence-corrected chi connectivity index (χ1v) is 3.23. The number of aliphatic hydroxyl groups is 2. The molecule has 0 spiro atoms. The van der Waals surface area contributed by atoms with Crippen molar-refractivity contribution in [3.8, 4) is 0 Å². The van der Waals surface area contributed by atoms with Crippen LogP contribution >= 0.6 is 0 Å². The molecule has 0 bridgehead atoms. The van der Waals surface area contributed by atoms with Gasteiger partial charge in [0.1, 0.15) is 0 Å². The first-order valence-electron chi connectivity index (χ1n) is 3.23. The van der Waals surface area contributed by atoms with Gasteiger partial charge in [-0.05, 0) is 6.42 Å². The van der Waals surface area contributed by atoms with Gasteiger partial charge in [-0.3, -0.25) is 6.29 Å². The summed E-state index contributed by atoms with van der Waals surface area (Å²) < 4.78 is 0. The van der Waals surface area contributed by atoms with Crippen LogP contribution in [0.25, 0.3) is 0 Å². The van der Waals surface area contributed by atoms with Gasteiger partial charge in [0.05, 0.1) is 0 Å². The van der Waals surface area contributed by atoms with Crippen LogP contribution in [0, 0.1) is 5.41 Å². The van der Waals surface area contributed by atoms with Crippen LogP contribution in [0.15, 0.2) is 0 Å². The van der Waals surface area contributed by atoms with Crippen LogP contribution in [-0.4, -0.2) is 29.2 Å². The zero-order valence-corrected chi connectivity index (χ0v) is 9.71. The molecule has 0 aliphatic heterocycles. The molecule has 1 radical (unpaired) electrons. The van der Waals surface area contributed by atoms with Crippen molar-refractivity contribution in [2.24, 2.45) is 5.41 Å². The third-order valence-electron chi connectivity index (χ3n) is 1.50. The van der Waals surface area contributed by atoms with Gasteiger partial charge in [-0.25, -0.2) is 0 Å². The number of rotatable bonds is 4. The molecular weight excluding hydrogens is 221 g/mol. The molecule has 2 N–H and O–H groups in total. The Morgan fingerprint density at radius 3 is 2.27 bits per heavy atom. The van der Waals surface area contributed by atoms with Gasteiger partial charge in [0, 0.05) is 45.4 Å². The van der Waals surface area contributed by atoms with Crippen molar-refractivity contribution in [2.75, 3.05) is 6.61 Å². The van der Waals surface area contributed by atoms with Gasteiger partial charge >= 0.3 is 0 Å². The molecule has 63 valence electrons. The standard InChI is InChI=1S/C7H13O3.Y/c1-7(2,5-9)6(10)3-4-8;/h6,8,10H,3-4H2,1-2H3;/q-1;/t6-;/m0./s1. The summed E-state index contributed by atoms with van der Waals surface area (Å²) in [6.07, 6.45) is 1.14. The second-order valence-corrected chi connectivity index (χ2v) is 2.85. The second-order valence-electron chi connectivity index (χ2n) is 2.85. The van der Waals surface area contributed by atoms with Gasteiger partial charge in [-0.2, -0.15) is 0 Å². The molecule has 0 heterocycles. The van der Waals surface area contributed by atoms with E-state index >= 15 is 0 Å². The Bertz CT molecular complexity index is 114. The monoisotopic (exact) mass is 234 g/mol. The van der Waals surface area contributed by atoms with E-state index in [-0.39, 0.29) is 45.7 Å². The summed E-state index contributed by atoms with van der Waals surface area (Å²) in [6, 6.07) is 0. The summed E-state index contributed by atoms with van der Waals surface area (Å²) >= 11 is 0. The molecule has 0 aromatic heterocycles. The zero-order chi connectivity index (χ0) is 8.20. The topological polar surface area (TPSA) is 57.5 Å². The van der Waals surface area contributed by atoms with E-state index < -0.39 is 11.5 Å². The Morgan fingerprint density at radius 1 is 1.55 bits per heavy atom. The molecule has 0 aromatic carbocycles. The zero-order valence-electron chi connectivity index (χ0n) is 6.87. The molecule has 0 aromatic rings. The Kier molecular flexibility index (Phi) is 8.07. The third-order valence-corrected chi connectivity index (χ3v) is 1.50. The normalized spacial score (nSPS) is 13.5. The maximum absolute atomic E-state index is 10.2. The van der Waals surface area contributed by atoms with E-state index in [1.807, 2.05) is 0 Å². The van der Waals surface area contributed by atoms with Crippen LogP contribution in [0.2, 0.25) is 0 Å². The predicted octanol–water partition coefficient (Wildman–Crippen LogP) is -0.137. The Balaban J connectivity index is 0. The molecule has 0 saturated heterocycles. The fourth-order valence-electron chi connectivity index (χ4n) is 0.551. The van der Waals surface area contributed by atoms with Crippen LogP contribution in [-0.2, 0) is 37.5 Å². The van der Waals surface area contributed by atoms with E-state index in [1.54, 1.807) is 20.1 Å². The van der Waals surface area contributed by atoms with E-state index in [0.29, 0.717) is 0 Å². The maximum atomic E-state index is 10.2. The molecule has 0 aliphatic rings. The van der Waals surface area contributed by atoms with Gasteiger partial charge in [0.2, 0.25) is 0 Å². The van der Waals surface area contributed by atoms with Crippen LogP contribution in [0.5, 0.6) is 0 Å². The Hall–Kier alpha value is 0.694. The van der Waals surface area contributed by atoms with Gasteiger partial charge in [-0.1, -0.05) is 13.8 Å². The summed E-state index contributed by atoms with van der Waals surface area (Å²) in [4.78, 5) is 10.2. The van der Waals surface area contributed by atoms with E-state index in [1.165, 1.54) is 0 Å². The molecular formula is C7H13O3Y-. The molecule has 0 rings (SSSR count). The molecule has 0 unspecified atom stereocenters. The summed E-state index contributed by atoms with van der Waals surface area (Å²) in [6.45, 7) is 3.06. The fraction of sp³-hybridized carbons (Fsp3) is 0.857. The van der Waals surface area contributed by atoms with E-state index in [2.05, 4.69) is 0 Å². The van der Waals surface area contributed by atoms with Crippen LogP contribution < -0.4 is 0 Å². The fourth-order valence-corrected chi connectivity index (χ4v) is 0.551. The van der Waals surface area contributed by atoms with Crippen molar-refractivity contribution in [3.63, 3.8) is 0 Å². The third kappa shape index (κ3) is 5.02. The first-order chi connectivity index (χ1) is 4.54. The van der Waals surface area contributed by atoms with Gasteiger partial charge in [0.25, 0.3) is 0 Å². The second kappa shape index (κ2) is 6.24. The van der Waals surface area contributed by atoms with Crippen molar-refractivity contribution in [1.82, 2.24) is 0 Å². The Morgan fingerprint density at radius 2 is 2.00 bits per heavy atom. The van der Waals surface area contributed by atoms with Crippen molar-refractivity contribution >= 4 is 6.29 Å². The Labute approximate surface area is 92.1 Å². The minimum atomic E-state index is -0.858. The molecule has 3 nitrogen and oxygen atoms in total. The van der Waals surface area contributed by atoms with Crippen molar-refractivity contribution in [3.05, 3.63) is 0 Å². The summed E-state index contributed by atoms with van der Waals surface area (Å²) in [5.74, 6) is 0. The molecule has 0 aliphatic carbocycles. The molecule has 0 fully saturated rings. The largest absolute Gasteiger partial charge is 0.541 e. The quantitative estimate of drug-likeness (QED) is 0.666. The van der Waals surface area contributed by atoms with E-state index in [0.717, 1.165) is 0 Å². The van der Waals surface area contributed by atoms with Crippen molar-refractivity contribution in [2.45, 2.75) is 26.4 Å². The number of hydrogen-bond donors (Lipinski definition) is 2. The van der Waals surface area contributed by atoms with Gasteiger partial charge < -0.3 is 15.0 Å². The summed E-state index contributed by atoms with van der Waals surface area (Å²) in [5, 5.41) is 17.6. The molecule has 4 heteroatoms. The summed E-state index contributed by atoms with van der Waals surface area (Å²) in [5.41, 5.74) is -0.858. The van der Waals surface area contributed by atoms with E-state index in [4.69, 9.17) is 10.2 Å². The van der Waals surface area contributed by atoms with Gasteiger partial charge in [0.15, 0.2) is 0 Å². The summed E-state index contributed by atoms with van der Waals surface area (Å²) in [7, 11) is 0. The average Bonchev–Trinajstić information content (AvgIpc) is 1.89. The van der Waals surface area contributed by atoms with Crippen LogP contribution in [0.1, 0.15) is 20.3 Å². The van der Waals surface area contributed by atoms with Gasteiger partial charge in [-0.15, -0.1) is 5.41 Å². The van der Waals surface area contributed by atoms with Crippen LogP contribution in [0.3, 0.4) is 0 Å². The molecule has 11 heavy (non-hydrogen) atoms. The molecule has 0 saturated carbocycles. The molecule has 0 amide bonds. The number of carbonyl (C=O) groups excluding carboxylic acids is 1. The smallest absolute Gasteiger partial charge is 0.0454 e. The average molecular weight is 234 g/mol. The number of hydrogen-bond acceptors (Lipinski definition) is 3. The molecule has 1 atom stereocenters. The maximum Gasteiger partial charge on any atom is 0.0454 e. The SMILES string of the molecule is CC(C)([C-]=O)[C@@H](O)CCO.[Y]. The van der Waals surface area contributed by atoms with Crippen molar-refractivity contribution < 1.29 is 47.7 Å². The minimum absolute atomic E-state index is 0. The number of aliphatic hydroxyl groups excluding tert-OH is 2. The van der Waals surface area contributed by atoms with Crippen LogP contribution in [0.4, 0.5) is 0 Å². The van der Waals surface area contributed by atoms with E-state index in [9.17, 15) is 4.79 Å². The van der Waals surface area contributed by atoms with Crippen molar-refractivity contribution in [1.29, 1.82) is 0 Å².